The molecule has 2 atom stereocenters. The van der Waals surface area contributed by atoms with E-state index in [2.05, 4.69) is 24.2 Å². The highest BCUT2D eigenvalue weighted by Gasteiger charge is 2.23. The van der Waals surface area contributed by atoms with E-state index < -0.39 is 0 Å². The second kappa shape index (κ2) is 5.51. The molecule has 1 aliphatic heterocycles. The minimum absolute atomic E-state index is 0.672. The van der Waals surface area contributed by atoms with Crippen molar-refractivity contribution < 1.29 is 4.42 Å². The largest absolute Gasteiger partial charge is 0.469 e. The molecule has 3 nitrogen and oxygen atoms in total. The van der Waals surface area contributed by atoms with E-state index in [-0.39, 0.29) is 0 Å². The molecule has 1 fully saturated rings. The van der Waals surface area contributed by atoms with Crippen molar-refractivity contribution in [2.24, 2.45) is 5.92 Å². The first-order valence-electron chi connectivity index (χ1n) is 6.20. The van der Waals surface area contributed by atoms with Crippen molar-refractivity contribution in [1.29, 1.82) is 0 Å². The van der Waals surface area contributed by atoms with Crippen molar-refractivity contribution in [2.45, 2.75) is 25.8 Å². The Morgan fingerprint density at radius 3 is 3.12 bits per heavy atom. The summed E-state index contributed by atoms with van der Waals surface area (Å²) in [5, 5.41) is 3.64. The summed E-state index contributed by atoms with van der Waals surface area (Å²) in [5.41, 5.74) is 0. The fraction of sp³-hybridized carbons (Fsp3) is 0.692. The van der Waals surface area contributed by atoms with E-state index in [1.165, 1.54) is 19.5 Å². The third-order valence-electron chi connectivity index (χ3n) is 3.47. The van der Waals surface area contributed by atoms with Crippen LogP contribution in [0.1, 0.15) is 19.1 Å². The molecule has 0 amide bonds. The molecule has 1 aromatic heterocycles. The lowest BCUT2D eigenvalue weighted by molar-refractivity contribution is 0.175. The van der Waals surface area contributed by atoms with Crippen LogP contribution in [0.25, 0.3) is 0 Å². The molecule has 90 valence electrons. The minimum atomic E-state index is 0.672. The zero-order chi connectivity index (χ0) is 11.4. The van der Waals surface area contributed by atoms with Crippen molar-refractivity contribution in [2.75, 3.05) is 26.7 Å². The number of nitrogens with zero attached hydrogens (tertiary/aromatic N) is 1. The molecule has 0 saturated carbocycles. The number of piperidine rings is 1. The molecule has 1 saturated heterocycles. The number of nitrogens with one attached hydrogen (secondary N) is 1. The van der Waals surface area contributed by atoms with Crippen molar-refractivity contribution in [3.8, 4) is 0 Å². The standard InChI is InChI=1S/C13H22N2O/c1-11-10-15(2)8-6-13(11)14-7-5-12-4-3-9-16-12/h3-4,9,11,13-14H,5-8,10H2,1-2H3. The lowest BCUT2D eigenvalue weighted by Gasteiger charge is -2.35. The van der Waals surface area contributed by atoms with Gasteiger partial charge in [0.15, 0.2) is 0 Å². The van der Waals surface area contributed by atoms with E-state index in [4.69, 9.17) is 4.42 Å². The van der Waals surface area contributed by atoms with Crippen LogP contribution in [-0.4, -0.2) is 37.6 Å². The Bertz CT molecular complexity index is 297. The van der Waals surface area contributed by atoms with E-state index in [1.807, 2.05) is 12.1 Å². The Hall–Kier alpha value is -0.800. The maximum Gasteiger partial charge on any atom is 0.105 e. The van der Waals surface area contributed by atoms with Crippen LogP contribution in [0.4, 0.5) is 0 Å². The molecule has 1 N–H and O–H groups in total. The Balaban J connectivity index is 1.69. The van der Waals surface area contributed by atoms with Gasteiger partial charge in [0.2, 0.25) is 0 Å². The molecule has 1 aliphatic rings. The third kappa shape index (κ3) is 3.09. The van der Waals surface area contributed by atoms with Gasteiger partial charge in [0.05, 0.1) is 6.26 Å². The fourth-order valence-corrected chi connectivity index (χ4v) is 2.49. The quantitative estimate of drug-likeness (QED) is 0.841. The van der Waals surface area contributed by atoms with Gasteiger partial charge < -0.3 is 14.6 Å². The lowest BCUT2D eigenvalue weighted by Crippen LogP contribution is -2.47. The maximum absolute atomic E-state index is 5.32. The van der Waals surface area contributed by atoms with Gasteiger partial charge in [-0.05, 0) is 38.1 Å². The molecule has 2 rings (SSSR count). The van der Waals surface area contributed by atoms with Gasteiger partial charge in [0.25, 0.3) is 0 Å². The monoisotopic (exact) mass is 222 g/mol. The van der Waals surface area contributed by atoms with Crippen LogP contribution in [0, 0.1) is 5.92 Å². The van der Waals surface area contributed by atoms with E-state index in [0.717, 1.165) is 24.6 Å². The fourth-order valence-electron chi connectivity index (χ4n) is 2.49. The summed E-state index contributed by atoms with van der Waals surface area (Å²) in [6.45, 7) is 5.77. The summed E-state index contributed by atoms with van der Waals surface area (Å²) in [6.07, 6.45) is 4.00. The zero-order valence-electron chi connectivity index (χ0n) is 10.3. The van der Waals surface area contributed by atoms with Gasteiger partial charge in [-0.3, -0.25) is 0 Å². The van der Waals surface area contributed by atoms with E-state index in [0.29, 0.717) is 6.04 Å². The summed E-state index contributed by atoms with van der Waals surface area (Å²) in [4.78, 5) is 2.41. The average Bonchev–Trinajstić information content (AvgIpc) is 2.74. The molecule has 16 heavy (non-hydrogen) atoms. The summed E-state index contributed by atoms with van der Waals surface area (Å²) >= 11 is 0. The predicted octanol–water partition coefficient (Wildman–Crippen LogP) is 1.75. The normalized spacial score (nSPS) is 27.1. The van der Waals surface area contributed by atoms with E-state index in [9.17, 15) is 0 Å². The SMILES string of the molecule is CC1CN(C)CCC1NCCc1ccco1. The van der Waals surface area contributed by atoms with Gasteiger partial charge in [-0.25, -0.2) is 0 Å². The van der Waals surface area contributed by atoms with Gasteiger partial charge in [-0.1, -0.05) is 6.92 Å². The van der Waals surface area contributed by atoms with Gasteiger partial charge in [0.1, 0.15) is 5.76 Å². The van der Waals surface area contributed by atoms with Crippen molar-refractivity contribution in [1.82, 2.24) is 10.2 Å². The lowest BCUT2D eigenvalue weighted by atomic mass is 9.94. The second-order valence-corrected chi connectivity index (χ2v) is 4.92. The Kier molecular flexibility index (Phi) is 4.02. The minimum Gasteiger partial charge on any atom is -0.469 e. The first-order chi connectivity index (χ1) is 7.75. The van der Waals surface area contributed by atoms with Gasteiger partial charge in [0, 0.05) is 25.6 Å². The highest BCUT2D eigenvalue weighted by atomic mass is 16.3. The third-order valence-corrected chi connectivity index (χ3v) is 3.47. The van der Waals surface area contributed by atoms with E-state index >= 15 is 0 Å². The van der Waals surface area contributed by atoms with Crippen LogP contribution < -0.4 is 5.32 Å². The molecule has 0 spiro atoms. The van der Waals surface area contributed by atoms with Crippen LogP contribution in [0.5, 0.6) is 0 Å². The molecule has 0 aromatic carbocycles. The molecule has 0 radical (unpaired) electrons. The second-order valence-electron chi connectivity index (χ2n) is 4.92. The maximum atomic E-state index is 5.32. The smallest absolute Gasteiger partial charge is 0.105 e. The van der Waals surface area contributed by atoms with Crippen molar-refractivity contribution >= 4 is 0 Å². The molecule has 0 bridgehead atoms. The molecular formula is C13H22N2O. The topological polar surface area (TPSA) is 28.4 Å². The molecule has 2 heterocycles. The van der Waals surface area contributed by atoms with Crippen LogP contribution in [-0.2, 0) is 6.42 Å². The predicted molar refractivity (Wildman–Crippen MR) is 65.5 cm³/mol. The van der Waals surface area contributed by atoms with Crippen LogP contribution in [0.3, 0.4) is 0 Å². The molecule has 0 aliphatic carbocycles. The Morgan fingerprint density at radius 1 is 1.56 bits per heavy atom. The number of furan rings is 1. The average molecular weight is 222 g/mol. The number of hydrogen-bond acceptors (Lipinski definition) is 3. The summed E-state index contributed by atoms with van der Waals surface area (Å²) < 4.78 is 5.32. The number of likely N-dealkylation sites (tertiary alicyclic amines) is 1. The molecule has 2 unspecified atom stereocenters. The summed E-state index contributed by atoms with van der Waals surface area (Å²) in [6, 6.07) is 4.67. The van der Waals surface area contributed by atoms with Gasteiger partial charge in [-0.2, -0.15) is 0 Å². The highest BCUT2D eigenvalue weighted by Crippen LogP contribution is 2.15. The van der Waals surface area contributed by atoms with Crippen molar-refractivity contribution in [3.63, 3.8) is 0 Å². The first-order valence-corrected chi connectivity index (χ1v) is 6.20. The highest BCUT2D eigenvalue weighted by molar-refractivity contribution is 4.98. The van der Waals surface area contributed by atoms with Crippen molar-refractivity contribution in [3.05, 3.63) is 24.2 Å². The molecule has 1 aromatic rings. The number of rotatable bonds is 4. The van der Waals surface area contributed by atoms with E-state index in [1.54, 1.807) is 6.26 Å². The molecule has 3 heteroatoms. The van der Waals surface area contributed by atoms with Gasteiger partial charge >= 0.3 is 0 Å². The van der Waals surface area contributed by atoms with Crippen LogP contribution in [0.15, 0.2) is 22.8 Å². The van der Waals surface area contributed by atoms with Crippen LogP contribution in [0.2, 0.25) is 0 Å². The Labute approximate surface area is 97.8 Å². The van der Waals surface area contributed by atoms with Gasteiger partial charge in [-0.15, -0.1) is 0 Å². The van der Waals surface area contributed by atoms with Crippen LogP contribution >= 0.6 is 0 Å². The zero-order valence-corrected chi connectivity index (χ0v) is 10.3. The first kappa shape index (κ1) is 11.7. The summed E-state index contributed by atoms with van der Waals surface area (Å²) in [7, 11) is 2.20. The Morgan fingerprint density at radius 2 is 2.44 bits per heavy atom. The number of hydrogen-bond donors (Lipinski definition) is 1. The summed E-state index contributed by atoms with van der Waals surface area (Å²) in [5.74, 6) is 1.82. The molecular weight excluding hydrogens is 200 g/mol.